The van der Waals surface area contributed by atoms with E-state index in [1.165, 1.54) is 6.42 Å². The van der Waals surface area contributed by atoms with Gasteiger partial charge >= 0.3 is 0 Å². The highest BCUT2D eigenvalue weighted by Crippen LogP contribution is 2.27. The molecule has 0 bridgehead atoms. The highest BCUT2D eigenvalue weighted by molar-refractivity contribution is 6.07. The Labute approximate surface area is 117 Å². The normalized spacial score (nSPS) is 14.9. The Balaban J connectivity index is 2.06. The summed E-state index contributed by atoms with van der Waals surface area (Å²) in [6.07, 6.45) is 3.38. The maximum atomic E-state index is 12.7. The van der Waals surface area contributed by atoms with E-state index in [-0.39, 0.29) is 5.91 Å². The van der Waals surface area contributed by atoms with Gasteiger partial charge in [-0.3, -0.25) is 4.79 Å². The van der Waals surface area contributed by atoms with Gasteiger partial charge in [-0.05, 0) is 31.4 Å². The van der Waals surface area contributed by atoms with Crippen LogP contribution < -0.4 is 11.3 Å². The number of aromatic nitrogens is 1. The monoisotopic (exact) mass is 270 g/mol. The Bertz CT molecular complexity index is 651. The maximum absolute atomic E-state index is 12.7. The molecule has 0 atom stereocenters. The Morgan fingerprint density at radius 1 is 1.40 bits per heavy atom. The number of fused-ring (bicyclic) bond motifs is 1. The zero-order valence-corrected chi connectivity index (χ0v) is 11.5. The van der Waals surface area contributed by atoms with E-state index in [1.54, 1.807) is 6.07 Å². The molecular formula is C15H18N4O. The van der Waals surface area contributed by atoms with Gasteiger partial charge in [-0.15, -0.1) is 0 Å². The van der Waals surface area contributed by atoms with Gasteiger partial charge in [-0.1, -0.05) is 18.2 Å². The number of nitrogens with two attached hydrogens (primary N) is 1. The van der Waals surface area contributed by atoms with Crippen LogP contribution in [0.25, 0.3) is 10.9 Å². The van der Waals surface area contributed by atoms with Crippen molar-refractivity contribution in [2.24, 2.45) is 5.84 Å². The minimum absolute atomic E-state index is 0.0322. The van der Waals surface area contributed by atoms with Gasteiger partial charge in [0, 0.05) is 18.5 Å². The summed E-state index contributed by atoms with van der Waals surface area (Å²) in [4.78, 5) is 18.9. The topological polar surface area (TPSA) is 71.2 Å². The van der Waals surface area contributed by atoms with Crippen LogP contribution >= 0.6 is 0 Å². The smallest absolute Gasteiger partial charge is 0.254 e. The van der Waals surface area contributed by atoms with Crippen molar-refractivity contribution in [1.82, 2.24) is 9.88 Å². The first-order valence-corrected chi connectivity index (χ1v) is 6.84. The van der Waals surface area contributed by atoms with Crippen molar-refractivity contribution < 1.29 is 4.79 Å². The van der Waals surface area contributed by atoms with Crippen molar-refractivity contribution in [3.8, 4) is 0 Å². The van der Waals surface area contributed by atoms with Gasteiger partial charge in [-0.2, -0.15) is 0 Å². The van der Waals surface area contributed by atoms with E-state index >= 15 is 0 Å². The second kappa shape index (κ2) is 5.09. The van der Waals surface area contributed by atoms with E-state index in [0.717, 1.165) is 23.7 Å². The summed E-state index contributed by atoms with van der Waals surface area (Å²) in [5, 5.41) is 0.864. The highest BCUT2D eigenvalue weighted by Gasteiger charge is 2.27. The fourth-order valence-electron chi connectivity index (χ4n) is 2.56. The molecule has 1 aromatic heterocycles. The summed E-state index contributed by atoms with van der Waals surface area (Å²) in [6.45, 7) is 0. The number of hydrogen-bond donors (Lipinski definition) is 2. The molecule has 1 heterocycles. The van der Waals surface area contributed by atoms with Gasteiger partial charge in [-0.25, -0.2) is 10.8 Å². The van der Waals surface area contributed by atoms with Crippen LogP contribution in [0.2, 0.25) is 0 Å². The number of nitrogen functional groups attached to an aromatic ring is 1. The molecule has 0 radical (unpaired) electrons. The number of hydrazine groups is 1. The van der Waals surface area contributed by atoms with Crippen molar-refractivity contribution >= 4 is 22.6 Å². The quantitative estimate of drug-likeness (QED) is 0.662. The average Bonchev–Trinajstić information content (AvgIpc) is 2.43. The van der Waals surface area contributed by atoms with E-state index < -0.39 is 0 Å². The van der Waals surface area contributed by atoms with Gasteiger partial charge in [0.05, 0.1) is 11.1 Å². The summed E-state index contributed by atoms with van der Waals surface area (Å²) >= 11 is 0. The van der Waals surface area contributed by atoms with E-state index in [0.29, 0.717) is 17.4 Å². The van der Waals surface area contributed by atoms with Gasteiger partial charge < -0.3 is 10.3 Å². The molecule has 0 spiro atoms. The second-order valence-electron chi connectivity index (χ2n) is 5.22. The third-order valence-corrected chi connectivity index (χ3v) is 4.04. The molecule has 1 fully saturated rings. The molecule has 1 aromatic carbocycles. The Morgan fingerprint density at radius 3 is 2.80 bits per heavy atom. The lowest BCUT2D eigenvalue weighted by Gasteiger charge is -2.35. The molecule has 20 heavy (non-hydrogen) atoms. The molecule has 5 heteroatoms. The summed E-state index contributed by atoms with van der Waals surface area (Å²) in [5.41, 5.74) is 3.95. The minimum atomic E-state index is 0.0322. The third kappa shape index (κ3) is 2.10. The molecule has 1 amide bonds. The van der Waals surface area contributed by atoms with Crippen LogP contribution in [0.5, 0.6) is 0 Å². The SMILES string of the molecule is CN(C(=O)c1cc(NN)nc2ccccc12)C1CCC1. The molecular weight excluding hydrogens is 252 g/mol. The number of carbonyl (C=O) groups is 1. The number of nitrogens with one attached hydrogen (secondary N) is 1. The predicted molar refractivity (Wildman–Crippen MR) is 79.3 cm³/mol. The first kappa shape index (κ1) is 12.9. The van der Waals surface area contributed by atoms with Crippen molar-refractivity contribution in [2.75, 3.05) is 12.5 Å². The van der Waals surface area contributed by atoms with Crippen LogP contribution in [0.4, 0.5) is 5.82 Å². The fraction of sp³-hybridized carbons (Fsp3) is 0.333. The van der Waals surface area contributed by atoms with Crippen LogP contribution in [0.1, 0.15) is 29.6 Å². The lowest BCUT2D eigenvalue weighted by atomic mass is 9.91. The van der Waals surface area contributed by atoms with Crippen molar-refractivity contribution in [3.05, 3.63) is 35.9 Å². The van der Waals surface area contributed by atoms with Crippen molar-refractivity contribution in [1.29, 1.82) is 0 Å². The van der Waals surface area contributed by atoms with Gasteiger partial charge in [0.25, 0.3) is 5.91 Å². The molecule has 3 N–H and O–H groups in total. The zero-order chi connectivity index (χ0) is 14.1. The Morgan fingerprint density at radius 2 is 2.15 bits per heavy atom. The molecule has 1 aliphatic carbocycles. The summed E-state index contributed by atoms with van der Waals surface area (Å²) in [6, 6.07) is 9.71. The number of benzene rings is 1. The molecule has 0 saturated heterocycles. The van der Waals surface area contributed by atoms with E-state index in [1.807, 2.05) is 36.2 Å². The number of anilines is 1. The summed E-state index contributed by atoms with van der Waals surface area (Å²) < 4.78 is 0. The average molecular weight is 270 g/mol. The molecule has 1 aliphatic rings. The maximum Gasteiger partial charge on any atom is 0.254 e. The lowest BCUT2D eigenvalue weighted by Crippen LogP contribution is -2.41. The highest BCUT2D eigenvalue weighted by atomic mass is 16.2. The van der Waals surface area contributed by atoms with E-state index in [2.05, 4.69) is 10.4 Å². The number of rotatable bonds is 3. The first-order chi connectivity index (χ1) is 9.70. The molecule has 2 aromatic rings. The number of nitrogens with zero attached hydrogens (tertiary/aromatic N) is 2. The van der Waals surface area contributed by atoms with Crippen molar-refractivity contribution in [2.45, 2.75) is 25.3 Å². The van der Waals surface area contributed by atoms with Crippen LogP contribution in [0, 0.1) is 0 Å². The number of amides is 1. The van der Waals surface area contributed by atoms with Gasteiger partial charge in [0.1, 0.15) is 5.82 Å². The number of pyridine rings is 1. The standard InChI is InChI=1S/C15H18N4O/c1-19(10-5-4-6-10)15(20)12-9-14(18-16)17-13-8-3-2-7-11(12)13/h2-3,7-10H,4-6,16H2,1H3,(H,17,18). The van der Waals surface area contributed by atoms with Gasteiger partial charge in [0.15, 0.2) is 0 Å². The molecule has 0 unspecified atom stereocenters. The molecule has 1 saturated carbocycles. The van der Waals surface area contributed by atoms with Crippen LogP contribution in [0.15, 0.2) is 30.3 Å². The molecule has 0 aliphatic heterocycles. The van der Waals surface area contributed by atoms with E-state index in [9.17, 15) is 4.79 Å². The fourth-order valence-corrected chi connectivity index (χ4v) is 2.56. The van der Waals surface area contributed by atoms with E-state index in [4.69, 9.17) is 5.84 Å². The van der Waals surface area contributed by atoms with Crippen LogP contribution in [0.3, 0.4) is 0 Å². The zero-order valence-electron chi connectivity index (χ0n) is 11.5. The second-order valence-corrected chi connectivity index (χ2v) is 5.22. The number of carbonyl (C=O) groups excluding carboxylic acids is 1. The Hall–Kier alpha value is -2.14. The van der Waals surface area contributed by atoms with Crippen LogP contribution in [-0.4, -0.2) is 28.9 Å². The number of para-hydroxylation sites is 1. The van der Waals surface area contributed by atoms with Crippen LogP contribution in [-0.2, 0) is 0 Å². The first-order valence-electron chi connectivity index (χ1n) is 6.84. The summed E-state index contributed by atoms with van der Waals surface area (Å²) in [5.74, 6) is 5.99. The molecule has 5 nitrogen and oxygen atoms in total. The minimum Gasteiger partial charge on any atom is -0.339 e. The Kier molecular flexibility index (Phi) is 3.28. The predicted octanol–water partition coefficient (Wildman–Crippen LogP) is 2.14. The third-order valence-electron chi connectivity index (χ3n) is 4.04. The van der Waals surface area contributed by atoms with Crippen molar-refractivity contribution in [3.63, 3.8) is 0 Å². The molecule has 3 rings (SSSR count). The summed E-state index contributed by atoms with van der Waals surface area (Å²) in [7, 11) is 1.87. The number of hydrogen-bond acceptors (Lipinski definition) is 4. The van der Waals surface area contributed by atoms with Gasteiger partial charge in [0.2, 0.25) is 0 Å². The molecule has 104 valence electrons. The largest absolute Gasteiger partial charge is 0.339 e. The lowest BCUT2D eigenvalue weighted by molar-refractivity contribution is 0.0654.